The van der Waals surface area contributed by atoms with Gasteiger partial charge < -0.3 is 15.3 Å². The molecule has 14 heavy (non-hydrogen) atoms. The molecule has 0 aliphatic heterocycles. The highest BCUT2D eigenvalue weighted by molar-refractivity contribution is 4.92. The fourth-order valence-corrected chi connectivity index (χ4v) is 2.54. The summed E-state index contributed by atoms with van der Waals surface area (Å²) in [5.74, 6) is -0.672. The Morgan fingerprint density at radius 3 is 2.00 bits per heavy atom. The highest BCUT2D eigenvalue weighted by Gasteiger charge is 2.43. The Bertz CT molecular complexity index is 199. The van der Waals surface area contributed by atoms with Crippen molar-refractivity contribution in [2.45, 2.75) is 50.7 Å². The van der Waals surface area contributed by atoms with E-state index >= 15 is 0 Å². The summed E-state index contributed by atoms with van der Waals surface area (Å²) in [5, 5.41) is 28.3. The van der Waals surface area contributed by atoms with Crippen LogP contribution in [0.2, 0.25) is 0 Å². The molecule has 0 aromatic rings. The number of aliphatic hydroxyl groups is 3. The second kappa shape index (κ2) is 3.47. The van der Waals surface area contributed by atoms with Gasteiger partial charge in [0.15, 0.2) is 5.79 Å². The number of hydrogen-bond donors (Lipinski definition) is 3. The van der Waals surface area contributed by atoms with Crippen LogP contribution in [0.25, 0.3) is 0 Å². The molecule has 2 aliphatic carbocycles. The van der Waals surface area contributed by atoms with Crippen LogP contribution in [0.1, 0.15) is 44.9 Å². The van der Waals surface area contributed by atoms with E-state index in [1.165, 1.54) is 12.8 Å². The average molecular weight is 200 g/mol. The lowest BCUT2D eigenvalue weighted by molar-refractivity contribution is -0.199. The Balaban J connectivity index is 1.93. The molecular weight excluding hydrogens is 180 g/mol. The Morgan fingerprint density at radius 2 is 1.57 bits per heavy atom. The zero-order valence-corrected chi connectivity index (χ0v) is 8.58. The molecule has 0 atom stereocenters. The van der Waals surface area contributed by atoms with Gasteiger partial charge >= 0.3 is 0 Å². The van der Waals surface area contributed by atoms with Crippen molar-refractivity contribution < 1.29 is 15.3 Å². The molecule has 0 radical (unpaired) electrons. The third kappa shape index (κ3) is 2.27. The summed E-state index contributed by atoms with van der Waals surface area (Å²) in [6, 6.07) is 0. The molecule has 0 saturated heterocycles. The Morgan fingerprint density at radius 1 is 1.00 bits per heavy atom. The Hall–Kier alpha value is -0.120. The maximum absolute atomic E-state index is 9.43. The number of aliphatic hydroxyl groups excluding tert-OH is 1. The minimum atomic E-state index is -1.47. The van der Waals surface area contributed by atoms with Crippen molar-refractivity contribution in [1.82, 2.24) is 0 Å². The van der Waals surface area contributed by atoms with Gasteiger partial charge in [-0.3, -0.25) is 0 Å². The predicted molar refractivity (Wildman–Crippen MR) is 52.5 cm³/mol. The van der Waals surface area contributed by atoms with Crippen molar-refractivity contribution in [3.8, 4) is 0 Å². The molecule has 3 heteroatoms. The topological polar surface area (TPSA) is 60.7 Å². The maximum Gasteiger partial charge on any atom is 0.162 e. The maximum atomic E-state index is 9.43. The highest BCUT2D eigenvalue weighted by atomic mass is 16.5. The molecule has 0 bridgehead atoms. The van der Waals surface area contributed by atoms with Gasteiger partial charge in [-0.15, -0.1) is 0 Å². The van der Waals surface area contributed by atoms with Crippen molar-refractivity contribution in [3.05, 3.63) is 0 Å². The van der Waals surface area contributed by atoms with E-state index < -0.39 is 5.79 Å². The largest absolute Gasteiger partial charge is 0.396 e. The molecule has 0 spiro atoms. The third-order valence-corrected chi connectivity index (χ3v) is 3.87. The van der Waals surface area contributed by atoms with Crippen molar-refractivity contribution in [2.75, 3.05) is 6.61 Å². The molecule has 2 saturated carbocycles. The van der Waals surface area contributed by atoms with E-state index in [0.29, 0.717) is 12.8 Å². The second-order valence-corrected chi connectivity index (χ2v) is 5.29. The van der Waals surface area contributed by atoms with E-state index in [4.69, 9.17) is 0 Å². The fourth-order valence-electron chi connectivity index (χ4n) is 2.54. The van der Waals surface area contributed by atoms with E-state index in [1.54, 1.807) is 0 Å². The molecule has 0 aromatic heterocycles. The van der Waals surface area contributed by atoms with Gasteiger partial charge in [0.25, 0.3) is 0 Å². The molecule has 0 unspecified atom stereocenters. The monoisotopic (exact) mass is 200 g/mol. The molecular formula is C11H20O3. The van der Waals surface area contributed by atoms with Gasteiger partial charge in [0.05, 0.1) is 0 Å². The molecule has 3 nitrogen and oxygen atoms in total. The summed E-state index contributed by atoms with van der Waals surface area (Å²) in [4.78, 5) is 0. The highest BCUT2D eigenvalue weighted by Crippen LogP contribution is 2.48. The predicted octanol–water partition coefficient (Wildman–Crippen LogP) is 1.02. The molecule has 0 aromatic carbocycles. The number of rotatable bonds is 3. The third-order valence-electron chi connectivity index (χ3n) is 3.87. The van der Waals surface area contributed by atoms with Crippen LogP contribution in [0.3, 0.4) is 0 Å². The van der Waals surface area contributed by atoms with E-state index in [0.717, 1.165) is 25.2 Å². The van der Waals surface area contributed by atoms with Gasteiger partial charge in [0, 0.05) is 19.4 Å². The van der Waals surface area contributed by atoms with Gasteiger partial charge in [0.2, 0.25) is 0 Å². The fraction of sp³-hybridized carbons (Fsp3) is 1.00. The van der Waals surface area contributed by atoms with E-state index in [2.05, 4.69) is 0 Å². The quantitative estimate of drug-likeness (QED) is 0.596. The zero-order valence-electron chi connectivity index (χ0n) is 8.58. The summed E-state index contributed by atoms with van der Waals surface area (Å²) < 4.78 is 0. The normalized spacial score (nSPS) is 30.2. The van der Waals surface area contributed by atoms with Crippen molar-refractivity contribution in [2.24, 2.45) is 11.3 Å². The smallest absolute Gasteiger partial charge is 0.162 e. The molecule has 3 N–H and O–H groups in total. The van der Waals surface area contributed by atoms with Gasteiger partial charge in [0.1, 0.15) is 0 Å². The summed E-state index contributed by atoms with van der Waals surface area (Å²) in [7, 11) is 0. The second-order valence-electron chi connectivity index (χ2n) is 5.29. The first-order valence-corrected chi connectivity index (χ1v) is 5.61. The zero-order chi connectivity index (χ0) is 10.2. The first kappa shape index (κ1) is 10.4. The first-order valence-electron chi connectivity index (χ1n) is 5.61. The van der Waals surface area contributed by atoms with Crippen molar-refractivity contribution >= 4 is 0 Å². The average Bonchev–Trinajstić information content (AvgIpc) is 2.93. The number of hydrogen-bond acceptors (Lipinski definition) is 3. The van der Waals surface area contributed by atoms with Crippen molar-refractivity contribution in [3.63, 3.8) is 0 Å². The molecule has 2 rings (SSSR count). The van der Waals surface area contributed by atoms with E-state index in [1.807, 2.05) is 0 Å². The first-order chi connectivity index (χ1) is 6.55. The van der Waals surface area contributed by atoms with E-state index in [-0.39, 0.29) is 12.0 Å². The lowest BCUT2D eigenvalue weighted by Crippen LogP contribution is -2.40. The summed E-state index contributed by atoms with van der Waals surface area (Å²) >= 11 is 0. The summed E-state index contributed by atoms with van der Waals surface area (Å²) in [6.07, 6.45) is 6.02. The van der Waals surface area contributed by atoms with Gasteiger partial charge in [-0.05, 0) is 30.6 Å². The van der Waals surface area contributed by atoms with Crippen LogP contribution in [-0.4, -0.2) is 27.7 Å². The van der Waals surface area contributed by atoms with Gasteiger partial charge in [-0.25, -0.2) is 0 Å². The van der Waals surface area contributed by atoms with Crippen LogP contribution >= 0.6 is 0 Å². The summed E-state index contributed by atoms with van der Waals surface area (Å²) in [6.45, 7) is 0.208. The Kier molecular flexibility index (Phi) is 2.58. The Labute approximate surface area is 84.8 Å². The standard InChI is InChI=1S/C11H20O3/c12-8-10(7-9-1-2-9)3-5-11(13,14)6-4-10/h9,12-14H,1-8H2. The lowest BCUT2D eigenvalue weighted by Gasteiger charge is -2.41. The van der Waals surface area contributed by atoms with Crippen LogP contribution in [0.4, 0.5) is 0 Å². The lowest BCUT2D eigenvalue weighted by atomic mass is 9.69. The van der Waals surface area contributed by atoms with Crippen LogP contribution < -0.4 is 0 Å². The minimum Gasteiger partial charge on any atom is -0.396 e. The van der Waals surface area contributed by atoms with Crippen LogP contribution in [0.5, 0.6) is 0 Å². The molecule has 2 fully saturated rings. The minimum absolute atomic E-state index is 0.00384. The van der Waals surface area contributed by atoms with Gasteiger partial charge in [-0.1, -0.05) is 12.8 Å². The molecule has 82 valence electrons. The van der Waals surface area contributed by atoms with Crippen LogP contribution in [-0.2, 0) is 0 Å². The molecule has 0 amide bonds. The molecule has 0 heterocycles. The SMILES string of the molecule is OCC1(CC2CC2)CCC(O)(O)CC1. The summed E-state index contributed by atoms with van der Waals surface area (Å²) in [5.41, 5.74) is -0.00384. The van der Waals surface area contributed by atoms with Crippen LogP contribution in [0, 0.1) is 11.3 Å². The van der Waals surface area contributed by atoms with E-state index in [9.17, 15) is 15.3 Å². The molecule has 2 aliphatic rings. The van der Waals surface area contributed by atoms with Crippen molar-refractivity contribution in [1.29, 1.82) is 0 Å². The van der Waals surface area contributed by atoms with Gasteiger partial charge in [-0.2, -0.15) is 0 Å². The van der Waals surface area contributed by atoms with Crippen LogP contribution in [0.15, 0.2) is 0 Å².